The van der Waals surface area contributed by atoms with E-state index in [4.69, 9.17) is 28.2 Å². The summed E-state index contributed by atoms with van der Waals surface area (Å²) in [5.41, 5.74) is 12.7. The molecule has 0 unspecified atom stereocenters. The average molecular weight is 927 g/mol. The third kappa shape index (κ3) is 8.31. The quantitative estimate of drug-likeness (QED) is 0.155. The van der Waals surface area contributed by atoms with Gasteiger partial charge in [-0.15, -0.1) is 21.5 Å². The molecule has 1 aliphatic carbocycles. The Balaban J connectivity index is 0.786. The van der Waals surface area contributed by atoms with Crippen LogP contribution in [-0.2, 0) is 6.42 Å². The number of benzene rings is 4. The Labute approximate surface area is 394 Å². The topological polar surface area (TPSA) is 110 Å². The van der Waals surface area contributed by atoms with E-state index in [-0.39, 0.29) is 6.04 Å². The van der Waals surface area contributed by atoms with Gasteiger partial charge in [0.2, 0.25) is 0 Å². The van der Waals surface area contributed by atoms with Crippen molar-refractivity contribution in [1.82, 2.24) is 19.7 Å². The van der Waals surface area contributed by atoms with Crippen LogP contribution in [0.15, 0.2) is 89.9 Å². The summed E-state index contributed by atoms with van der Waals surface area (Å²) in [5.74, 6) is 0.830. The Morgan fingerprint density at radius 3 is 2.14 bits per heavy atom. The molecular formula is C52H53Cl2N7O3S. The maximum atomic E-state index is 11.9. The van der Waals surface area contributed by atoms with E-state index in [2.05, 4.69) is 98.8 Å². The third-order valence-corrected chi connectivity index (χ3v) is 15.8. The van der Waals surface area contributed by atoms with E-state index in [0.717, 1.165) is 138 Å². The number of aryl methyl sites for hydroxylation is 3. The molecule has 4 aromatic carbocycles. The van der Waals surface area contributed by atoms with Gasteiger partial charge in [-0.3, -0.25) is 14.5 Å². The first kappa shape index (κ1) is 43.6. The lowest BCUT2D eigenvalue weighted by atomic mass is 9.87. The second-order valence-electron chi connectivity index (χ2n) is 18.1. The summed E-state index contributed by atoms with van der Waals surface area (Å²) < 4.78 is 2.18. The Hall–Kier alpha value is -5.30. The molecule has 10 rings (SSSR count). The summed E-state index contributed by atoms with van der Waals surface area (Å²) >= 11 is 14.9. The number of anilines is 2. The predicted molar refractivity (Wildman–Crippen MR) is 264 cm³/mol. The molecule has 4 aliphatic rings. The minimum Gasteiger partial charge on any atom is -0.478 e. The van der Waals surface area contributed by atoms with Gasteiger partial charge in [0.05, 0.1) is 16.9 Å². The second kappa shape index (κ2) is 17.5. The lowest BCUT2D eigenvalue weighted by Crippen LogP contribution is -2.55. The minimum absolute atomic E-state index is 0.122. The molecule has 2 fully saturated rings. The second-order valence-corrected chi connectivity index (χ2v) is 20.2. The van der Waals surface area contributed by atoms with Crippen molar-refractivity contribution in [2.24, 2.45) is 4.99 Å². The molecule has 0 amide bonds. The van der Waals surface area contributed by atoms with Crippen molar-refractivity contribution in [3.8, 4) is 5.00 Å². The smallest absolute Gasteiger partial charge is 0.335 e. The van der Waals surface area contributed by atoms with Crippen LogP contribution in [0.25, 0.3) is 16.1 Å². The molecule has 0 radical (unpaired) electrons. The van der Waals surface area contributed by atoms with Crippen LogP contribution in [0.2, 0.25) is 10.0 Å². The molecule has 10 nitrogen and oxygen atoms in total. The van der Waals surface area contributed by atoms with Crippen LogP contribution in [0.4, 0.5) is 11.4 Å². The van der Waals surface area contributed by atoms with E-state index in [9.17, 15) is 15.0 Å². The number of β-amino-alcohol motifs (C(OH)–C–C–N with tert-alkyl or cyclic N) is 1. The fourth-order valence-electron chi connectivity index (χ4n) is 10.3. The zero-order valence-electron chi connectivity index (χ0n) is 37.2. The van der Waals surface area contributed by atoms with E-state index < -0.39 is 11.6 Å². The number of piperidine rings is 1. The minimum atomic E-state index is -0.923. The highest BCUT2D eigenvalue weighted by Gasteiger charge is 2.36. The number of rotatable bonds is 8. The summed E-state index contributed by atoms with van der Waals surface area (Å²) in [7, 11) is 0. The van der Waals surface area contributed by atoms with Gasteiger partial charge in [-0.2, -0.15) is 0 Å². The van der Waals surface area contributed by atoms with E-state index >= 15 is 0 Å². The number of allylic oxidation sites excluding steroid dienone is 1. The van der Waals surface area contributed by atoms with Crippen molar-refractivity contribution in [3.63, 3.8) is 0 Å². The molecule has 1 atom stereocenters. The van der Waals surface area contributed by atoms with E-state index in [1.54, 1.807) is 23.5 Å². The Bertz CT molecular complexity index is 2870. The van der Waals surface area contributed by atoms with Crippen molar-refractivity contribution in [2.75, 3.05) is 55.6 Å². The lowest BCUT2D eigenvalue weighted by Gasteiger charge is -2.44. The summed E-state index contributed by atoms with van der Waals surface area (Å²) in [6, 6.07) is 28.6. The molecule has 0 saturated carbocycles. The first-order chi connectivity index (χ1) is 31.3. The summed E-state index contributed by atoms with van der Waals surface area (Å²) in [6.07, 6.45) is 3.89. The first-order valence-corrected chi connectivity index (χ1v) is 24.2. The van der Waals surface area contributed by atoms with Gasteiger partial charge in [0.1, 0.15) is 16.9 Å². The SMILES string of the molecule is Cc1sc2c(c1C)C(c1ccc(N3CCC(O)(CN4CCN(c5ccc(C6=C(c7ccc(Cl)cc7Cl)CCCc7cc(C(=O)O)ccc76)cc5)CC4)CC3)cc1)=N[C@@H](C)c1nnc(C)n1-2. The molecule has 334 valence electrons. The number of fused-ring (bicyclic) bond motifs is 4. The molecule has 13 heteroatoms. The predicted octanol–water partition coefficient (Wildman–Crippen LogP) is 10.6. The van der Waals surface area contributed by atoms with Crippen LogP contribution >= 0.6 is 34.5 Å². The molecule has 65 heavy (non-hydrogen) atoms. The van der Waals surface area contributed by atoms with Crippen molar-refractivity contribution in [3.05, 3.63) is 156 Å². The monoisotopic (exact) mass is 925 g/mol. The number of aliphatic hydroxyl groups is 1. The van der Waals surface area contributed by atoms with Gasteiger partial charge in [-0.05, 0) is 147 Å². The van der Waals surface area contributed by atoms with Crippen LogP contribution in [-0.4, -0.2) is 93.0 Å². The van der Waals surface area contributed by atoms with Gasteiger partial charge in [0, 0.05) is 83.2 Å². The van der Waals surface area contributed by atoms with Gasteiger partial charge in [0.15, 0.2) is 5.82 Å². The average Bonchev–Trinajstić information content (AvgIpc) is 3.70. The van der Waals surface area contributed by atoms with Gasteiger partial charge >= 0.3 is 5.97 Å². The number of aromatic carboxylic acids is 1. The normalized spacial score (nSPS) is 18.7. The number of piperazine rings is 1. The van der Waals surface area contributed by atoms with Crippen molar-refractivity contribution in [2.45, 2.75) is 71.4 Å². The molecule has 0 bridgehead atoms. The summed E-state index contributed by atoms with van der Waals surface area (Å²) in [5, 5.41) is 32.9. The number of aliphatic imine (C=N–C) groups is 1. The number of hydrogen-bond acceptors (Lipinski definition) is 9. The van der Waals surface area contributed by atoms with Crippen LogP contribution in [0, 0.1) is 20.8 Å². The number of carbonyl (C=O) groups is 1. The molecule has 2 N–H and O–H groups in total. The van der Waals surface area contributed by atoms with Crippen molar-refractivity contribution in [1.29, 1.82) is 0 Å². The Kier molecular flexibility index (Phi) is 11.7. The zero-order chi connectivity index (χ0) is 45.1. The molecule has 3 aliphatic heterocycles. The largest absolute Gasteiger partial charge is 0.478 e. The fourth-order valence-corrected chi connectivity index (χ4v) is 12.1. The molecule has 2 aromatic heterocycles. The Morgan fingerprint density at radius 2 is 1.46 bits per heavy atom. The number of thiophene rings is 1. The van der Waals surface area contributed by atoms with Crippen LogP contribution in [0.1, 0.15) is 104 Å². The highest BCUT2D eigenvalue weighted by Crippen LogP contribution is 2.44. The number of carboxylic acids is 1. The molecule has 5 heterocycles. The van der Waals surface area contributed by atoms with Gasteiger partial charge in [-0.1, -0.05) is 59.6 Å². The summed E-state index contributed by atoms with van der Waals surface area (Å²) in [6.45, 7) is 14.2. The number of nitrogens with zero attached hydrogens (tertiary/aromatic N) is 7. The summed E-state index contributed by atoms with van der Waals surface area (Å²) in [4.78, 5) is 25.7. The van der Waals surface area contributed by atoms with E-state index in [1.807, 2.05) is 31.2 Å². The van der Waals surface area contributed by atoms with Gasteiger partial charge in [0.25, 0.3) is 0 Å². The zero-order valence-corrected chi connectivity index (χ0v) is 39.6. The number of halogens is 2. The van der Waals surface area contributed by atoms with Crippen LogP contribution in [0.3, 0.4) is 0 Å². The van der Waals surface area contributed by atoms with Crippen LogP contribution in [0.5, 0.6) is 0 Å². The molecule has 2 saturated heterocycles. The maximum absolute atomic E-state index is 11.9. The van der Waals surface area contributed by atoms with E-state index in [0.29, 0.717) is 22.2 Å². The highest BCUT2D eigenvalue weighted by atomic mass is 35.5. The first-order valence-electron chi connectivity index (χ1n) is 22.7. The van der Waals surface area contributed by atoms with E-state index in [1.165, 1.54) is 21.7 Å². The number of hydrogen-bond donors (Lipinski definition) is 2. The molecule has 0 spiro atoms. The number of aromatic nitrogens is 3. The molecule has 6 aromatic rings. The standard InChI is InChI=1S/C52H53Cl2N7O3S/c1-31-33(3)65-50-46(31)48(55-32(2)49-57-56-34(4)61(49)50)36-10-16-40(17-11-36)59-22-20-52(64,21-23-59)30-58-24-26-60(27-25-58)41-14-8-35(9-15-41)47-42-18-12-38(51(62)63)28-37(42)6-5-7-44(47)43-19-13-39(53)29-45(43)54/h8-19,28-29,32,64H,5-7,20-27,30H2,1-4H3,(H,62,63)/t32-/m0/s1. The lowest BCUT2D eigenvalue weighted by molar-refractivity contribution is -0.0173. The van der Waals surface area contributed by atoms with Gasteiger partial charge < -0.3 is 20.0 Å². The van der Waals surface area contributed by atoms with Crippen LogP contribution < -0.4 is 9.80 Å². The molecular weight excluding hydrogens is 874 g/mol. The Morgan fingerprint density at radius 1 is 0.800 bits per heavy atom. The maximum Gasteiger partial charge on any atom is 0.335 e. The van der Waals surface area contributed by atoms with Crippen molar-refractivity contribution >= 4 is 68.7 Å². The van der Waals surface area contributed by atoms with Gasteiger partial charge in [-0.25, -0.2) is 4.79 Å². The van der Waals surface area contributed by atoms with Crippen molar-refractivity contribution < 1.29 is 15.0 Å². The number of carboxylic acid groups (broad SMARTS) is 1. The highest BCUT2D eigenvalue weighted by molar-refractivity contribution is 7.15. The third-order valence-electron chi connectivity index (χ3n) is 14.0. The fraction of sp³-hybridized carbons (Fsp3) is 0.346.